The molecule has 2 aliphatic rings. The fourth-order valence-electron chi connectivity index (χ4n) is 11.8. The highest BCUT2D eigenvalue weighted by Crippen LogP contribution is 2.64. The maximum atomic E-state index is 4.12. The Morgan fingerprint density at radius 3 is 1.27 bits per heavy atom. The van der Waals surface area contributed by atoms with E-state index in [2.05, 4.69) is 266 Å². The van der Waals surface area contributed by atoms with E-state index in [0.717, 1.165) is 27.2 Å². The monoisotopic (exact) mass is 949 g/mol. The lowest BCUT2D eigenvalue weighted by Gasteiger charge is -2.42. The maximum Gasteiger partial charge on any atom is 0.0603 e. The molecule has 2 fully saturated rings. The van der Waals surface area contributed by atoms with Crippen molar-refractivity contribution in [1.82, 2.24) is 0 Å². The quantitative estimate of drug-likeness (QED) is 0.145. The van der Waals surface area contributed by atoms with Gasteiger partial charge >= 0.3 is 0 Å². The second-order valence-corrected chi connectivity index (χ2v) is 26.9. The molecule has 3 heteroatoms. The van der Waals surface area contributed by atoms with Crippen molar-refractivity contribution >= 4 is 50.1 Å². The minimum atomic E-state index is -0.118. The van der Waals surface area contributed by atoms with Crippen molar-refractivity contribution in [2.24, 2.45) is 33.5 Å². The molecule has 5 aromatic rings. The highest BCUT2D eigenvalue weighted by Gasteiger charge is 2.54. The van der Waals surface area contributed by atoms with Crippen LogP contribution >= 0.6 is 15.9 Å². The molecule has 0 aliphatic heterocycles. The molecule has 354 valence electrons. The number of rotatable bonds is 9. The maximum absolute atomic E-state index is 4.12. The van der Waals surface area contributed by atoms with Crippen LogP contribution in [0.15, 0.2) is 114 Å². The molecule has 0 heterocycles. The Labute approximate surface area is 411 Å². The zero-order chi connectivity index (χ0) is 48.7. The van der Waals surface area contributed by atoms with Crippen LogP contribution in [0.3, 0.4) is 0 Å². The Morgan fingerprint density at radius 2 is 0.864 bits per heavy atom. The van der Waals surface area contributed by atoms with Crippen LogP contribution in [0.25, 0.3) is 0 Å². The second kappa shape index (κ2) is 17.3. The fourth-order valence-corrected chi connectivity index (χ4v) is 12.4. The van der Waals surface area contributed by atoms with E-state index in [9.17, 15) is 0 Å². The molecular weight excluding hydrogens is 865 g/mol. The van der Waals surface area contributed by atoms with Crippen molar-refractivity contribution in [3.63, 3.8) is 0 Å². The first-order chi connectivity index (χ1) is 30.4. The van der Waals surface area contributed by atoms with E-state index in [1.165, 1.54) is 58.5 Å². The van der Waals surface area contributed by atoms with Gasteiger partial charge in [0.25, 0.3) is 0 Å². The van der Waals surface area contributed by atoms with Crippen LogP contribution in [0.5, 0.6) is 0 Å². The molecule has 66 heavy (non-hydrogen) atoms. The Bertz CT molecular complexity index is 2500. The fraction of sp³-hybridized carbons (Fsp3) is 0.524. The molecule has 0 amide bonds. The number of hydrogen-bond acceptors (Lipinski definition) is 2. The van der Waals surface area contributed by atoms with Gasteiger partial charge in [0, 0.05) is 32.9 Å². The Morgan fingerprint density at radius 1 is 0.455 bits per heavy atom. The summed E-state index contributed by atoms with van der Waals surface area (Å²) < 4.78 is 1.08. The second-order valence-electron chi connectivity index (χ2n) is 26.0. The van der Waals surface area contributed by atoms with Gasteiger partial charge in [0.2, 0.25) is 0 Å². The molecule has 0 spiro atoms. The molecule has 5 aromatic carbocycles. The smallest absolute Gasteiger partial charge is 0.0603 e. The number of hydrogen-bond donors (Lipinski definition) is 0. The average molecular weight is 950 g/mol. The number of anilines is 6. The molecule has 4 atom stereocenters. The molecule has 2 saturated carbocycles. The van der Waals surface area contributed by atoms with Gasteiger partial charge in [0.15, 0.2) is 0 Å². The van der Waals surface area contributed by atoms with Gasteiger partial charge in [-0.15, -0.1) is 0 Å². The van der Waals surface area contributed by atoms with Crippen molar-refractivity contribution in [3.8, 4) is 0 Å². The third kappa shape index (κ3) is 8.98. The first-order valence-electron chi connectivity index (χ1n) is 25.3. The van der Waals surface area contributed by atoms with E-state index in [-0.39, 0.29) is 37.9 Å². The largest absolute Gasteiger partial charge is 0.310 e. The summed E-state index contributed by atoms with van der Waals surface area (Å²) in [6.07, 6.45) is 3.68. The highest BCUT2D eigenvalue weighted by molar-refractivity contribution is 9.10. The van der Waals surface area contributed by atoms with E-state index >= 15 is 0 Å². The van der Waals surface area contributed by atoms with Crippen molar-refractivity contribution in [2.45, 2.75) is 179 Å². The van der Waals surface area contributed by atoms with Crippen LogP contribution in [0.2, 0.25) is 0 Å². The van der Waals surface area contributed by atoms with Gasteiger partial charge in [-0.2, -0.15) is 0 Å². The minimum Gasteiger partial charge on any atom is -0.310 e. The van der Waals surface area contributed by atoms with Crippen LogP contribution in [0.4, 0.5) is 34.1 Å². The lowest BCUT2D eigenvalue weighted by Crippen LogP contribution is -2.34. The summed E-state index contributed by atoms with van der Waals surface area (Å²) in [5, 5.41) is 0. The van der Waals surface area contributed by atoms with Crippen molar-refractivity contribution in [1.29, 1.82) is 0 Å². The minimum absolute atomic E-state index is 0.0224. The lowest BCUT2D eigenvalue weighted by atomic mass is 9.63. The topological polar surface area (TPSA) is 6.48 Å². The van der Waals surface area contributed by atoms with Crippen molar-refractivity contribution in [2.75, 3.05) is 9.80 Å². The molecule has 0 saturated heterocycles. The van der Waals surface area contributed by atoms with Crippen LogP contribution in [0.1, 0.15) is 190 Å². The summed E-state index contributed by atoms with van der Waals surface area (Å²) >= 11 is 4.12. The van der Waals surface area contributed by atoms with E-state index in [1.54, 1.807) is 0 Å². The number of halogens is 1. The molecule has 7 rings (SSSR count). The van der Waals surface area contributed by atoms with Gasteiger partial charge in [-0.3, -0.25) is 0 Å². The van der Waals surface area contributed by atoms with Gasteiger partial charge in [0.05, 0.1) is 5.69 Å². The summed E-state index contributed by atoms with van der Waals surface area (Å²) in [5.41, 5.74) is 14.6. The molecule has 0 bridgehead atoms. The van der Waals surface area contributed by atoms with Gasteiger partial charge in [0.1, 0.15) is 0 Å². The third-order valence-corrected chi connectivity index (χ3v) is 19.0. The Kier molecular flexibility index (Phi) is 13.1. The van der Waals surface area contributed by atoms with Crippen LogP contribution in [-0.4, -0.2) is 0 Å². The Hall–Kier alpha value is -3.82. The molecular formula is C63H85BrN2. The zero-order valence-electron chi connectivity index (χ0n) is 44.6. The molecule has 4 unspecified atom stereocenters. The van der Waals surface area contributed by atoms with Crippen molar-refractivity contribution in [3.05, 3.63) is 141 Å². The van der Waals surface area contributed by atoms with Crippen LogP contribution < -0.4 is 9.80 Å². The summed E-state index contributed by atoms with van der Waals surface area (Å²) in [4.78, 5) is 4.99. The van der Waals surface area contributed by atoms with E-state index in [1.807, 2.05) is 0 Å². The summed E-state index contributed by atoms with van der Waals surface area (Å²) in [7, 11) is 0. The summed E-state index contributed by atoms with van der Waals surface area (Å²) in [6.45, 7) is 45.6. The molecule has 0 N–H and O–H groups in total. The lowest BCUT2D eigenvalue weighted by molar-refractivity contribution is 0.0949. The van der Waals surface area contributed by atoms with E-state index in [4.69, 9.17) is 0 Å². The van der Waals surface area contributed by atoms with Gasteiger partial charge < -0.3 is 9.80 Å². The number of nitrogens with zero attached hydrogens (tertiary/aromatic N) is 2. The SMILES string of the molecule is CCC1CC(c2ccc(N(c3ccc(C4CC(C)C(C)(C)C4(C)C)cc3)c3cc(N(c4ccc(C(C)(C)C)cc4)c4ccc(C(C)(C)C)cc4Br)cc(C(C)(C)C)c3)cc2)C(C)(C)C1(C)C. The van der Waals surface area contributed by atoms with Gasteiger partial charge in [-0.1, -0.05) is 180 Å². The van der Waals surface area contributed by atoms with Crippen molar-refractivity contribution < 1.29 is 0 Å². The predicted octanol–water partition coefficient (Wildman–Crippen LogP) is 20.0. The molecule has 2 aliphatic carbocycles. The van der Waals surface area contributed by atoms with Gasteiger partial charge in [-0.25, -0.2) is 0 Å². The standard InChI is InChI=1S/C63H85BrN2/c1-20-44-38-54(63(18,19)61(44,14)15)43-23-30-49(31-24-43)65(48-28-21-42(22-29-48)53-35-41(2)60(12,13)62(53,16)17)51-36-47(59(9,10)11)37-52(40-51)66(50-32-25-45(26-33-50)57(3,4)5)56-34-27-46(39-55(56)64)58(6,7)8/h21-34,36-37,39-41,44,53-54H,20,35,38H2,1-19H3. The third-order valence-electron chi connectivity index (χ3n) is 18.4. The first-order valence-corrected chi connectivity index (χ1v) is 26.1. The summed E-state index contributed by atoms with van der Waals surface area (Å²) in [5.74, 6) is 2.39. The van der Waals surface area contributed by atoms with E-state index < -0.39 is 0 Å². The predicted molar refractivity (Wildman–Crippen MR) is 292 cm³/mol. The normalized spacial score (nSPS) is 22.4. The first kappa shape index (κ1) is 50.1. The average Bonchev–Trinajstić information content (AvgIpc) is 3.52. The number of benzene rings is 5. The molecule has 0 aromatic heterocycles. The van der Waals surface area contributed by atoms with Crippen LogP contribution in [0, 0.1) is 33.5 Å². The van der Waals surface area contributed by atoms with E-state index in [0.29, 0.717) is 23.7 Å². The molecule has 2 nitrogen and oxygen atoms in total. The highest BCUT2D eigenvalue weighted by atomic mass is 79.9. The van der Waals surface area contributed by atoms with Crippen LogP contribution in [-0.2, 0) is 16.2 Å². The zero-order valence-corrected chi connectivity index (χ0v) is 46.2. The Balaban J connectivity index is 1.44. The van der Waals surface area contributed by atoms with Gasteiger partial charge in [-0.05, 0) is 185 Å². The summed E-state index contributed by atoms with van der Waals surface area (Å²) in [6, 6.07) is 42.9. The molecule has 0 radical (unpaired) electrons.